The molecule has 112 valence electrons. The third-order valence-electron chi connectivity index (χ3n) is 3.01. The van der Waals surface area contributed by atoms with Crippen LogP contribution in [0.5, 0.6) is 11.5 Å². The fourth-order valence-electron chi connectivity index (χ4n) is 1.82. The van der Waals surface area contributed by atoms with Crippen LogP contribution in [0.15, 0.2) is 24.4 Å². The van der Waals surface area contributed by atoms with Crippen LogP contribution in [-0.2, 0) is 20.3 Å². The molecule has 2 aromatic rings. The van der Waals surface area contributed by atoms with Gasteiger partial charge in [-0.05, 0) is 22.6 Å². The predicted octanol–water partition coefficient (Wildman–Crippen LogP) is 1.41. The summed E-state index contributed by atoms with van der Waals surface area (Å²) in [7, 11) is 3.05. The minimum Gasteiger partial charge on any atom is -0.493 e. The maximum atomic E-state index is 10.7. The van der Waals surface area contributed by atoms with Crippen molar-refractivity contribution in [3.8, 4) is 11.5 Å². The molecule has 1 aromatic heterocycles. The van der Waals surface area contributed by atoms with Crippen LogP contribution in [0.1, 0.15) is 11.3 Å². The fraction of sp³-hybridized carbons (Fsp3) is 0.308. The molecule has 0 saturated carbocycles. The van der Waals surface area contributed by atoms with E-state index in [1.54, 1.807) is 25.2 Å². The van der Waals surface area contributed by atoms with E-state index < -0.39 is 4.92 Å². The average Bonchev–Trinajstić information content (AvgIpc) is 2.86. The summed E-state index contributed by atoms with van der Waals surface area (Å²) in [6.07, 6.45) is 1.40. The Morgan fingerprint density at radius 1 is 1.43 bits per heavy atom. The van der Waals surface area contributed by atoms with E-state index in [0.29, 0.717) is 22.8 Å². The van der Waals surface area contributed by atoms with Crippen molar-refractivity contribution in [2.45, 2.75) is 13.2 Å². The number of rotatable bonds is 6. The second-order valence-electron chi connectivity index (χ2n) is 4.30. The predicted molar refractivity (Wildman–Crippen MR) is 73.1 cm³/mol. The summed E-state index contributed by atoms with van der Waals surface area (Å²) >= 11 is 0. The van der Waals surface area contributed by atoms with E-state index in [1.807, 2.05) is 0 Å². The van der Waals surface area contributed by atoms with Gasteiger partial charge in [-0.1, -0.05) is 11.1 Å². The maximum Gasteiger partial charge on any atom is 0.434 e. The number of aliphatic hydroxyl groups excluding tert-OH is 1. The summed E-state index contributed by atoms with van der Waals surface area (Å²) in [5.74, 6) is 0.730. The normalized spacial score (nSPS) is 10.4. The topological polar surface area (TPSA) is 99.7 Å². The van der Waals surface area contributed by atoms with Crippen LogP contribution in [0, 0.1) is 10.1 Å². The zero-order valence-corrected chi connectivity index (χ0v) is 11.6. The first kappa shape index (κ1) is 14.8. The van der Waals surface area contributed by atoms with Crippen LogP contribution >= 0.6 is 0 Å². The van der Waals surface area contributed by atoms with E-state index in [4.69, 9.17) is 14.6 Å². The van der Waals surface area contributed by atoms with Crippen molar-refractivity contribution in [1.82, 2.24) is 9.55 Å². The molecule has 0 atom stereocenters. The van der Waals surface area contributed by atoms with Gasteiger partial charge in [0.2, 0.25) is 0 Å². The van der Waals surface area contributed by atoms with Crippen molar-refractivity contribution in [3.05, 3.63) is 45.8 Å². The maximum absolute atomic E-state index is 10.7. The Kier molecular flexibility index (Phi) is 4.39. The van der Waals surface area contributed by atoms with Gasteiger partial charge in [0.1, 0.15) is 12.8 Å². The molecule has 0 unspecified atom stereocenters. The summed E-state index contributed by atoms with van der Waals surface area (Å²) in [5, 5.41) is 19.8. The van der Waals surface area contributed by atoms with E-state index in [-0.39, 0.29) is 19.2 Å². The molecule has 0 fully saturated rings. The van der Waals surface area contributed by atoms with Gasteiger partial charge in [0.25, 0.3) is 0 Å². The molecule has 0 saturated heterocycles. The first-order chi connectivity index (χ1) is 10.1. The van der Waals surface area contributed by atoms with Crippen molar-refractivity contribution in [2.75, 3.05) is 7.11 Å². The van der Waals surface area contributed by atoms with Crippen molar-refractivity contribution in [3.63, 3.8) is 0 Å². The van der Waals surface area contributed by atoms with Gasteiger partial charge in [-0.25, -0.2) is 4.57 Å². The first-order valence-corrected chi connectivity index (χ1v) is 6.12. The number of aliphatic hydroxyl groups is 1. The molecule has 0 aliphatic carbocycles. The molecule has 2 rings (SSSR count). The number of benzene rings is 1. The van der Waals surface area contributed by atoms with Gasteiger partial charge in [-0.15, -0.1) is 0 Å². The van der Waals surface area contributed by atoms with E-state index in [0.717, 1.165) is 0 Å². The number of hydrogen-bond donors (Lipinski definition) is 1. The molecular formula is C13H15N3O5. The molecule has 0 bridgehead atoms. The molecule has 0 aliphatic rings. The van der Waals surface area contributed by atoms with Gasteiger partial charge >= 0.3 is 5.95 Å². The number of hydrogen-bond acceptors (Lipinski definition) is 6. The Bertz CT molecular complexity index is 653. The lowest BCUT2D eigenvalue weighted by Crippen LogP contribution is -2.05. The second kappa shape index (κ2) is 6.23. The third kappa shape index (κ3) is 3.11. The standard InChI is InChI=1S/C13H15N3O5/c1-15-10(6-14-13(15)16(18)19)8-21-11-4-3-9(7-17)5-12(11)20-2/h3-6,17H,7-8H2,1-2H3. The summed E-state index contributed by atoms with van der Waals surface area (Å²) in [6.45, 7) is 0.0245. The first-order valence-electron chi connectivity index (χ1n) is 6.12. The highest BCUT2D eigenvalue weighted by Gasteiger charge is 2.18. The zero-order chi connectivity index (χ0) is 15.4. The SMILES string of the molecule is COc1cc(CO)ccc1OCc1cnc([N+](=O)[O-])n1C. The number of methoxy groups -OCH3 is 1. The molecule has 1 N–H and O–H groups in total. The highest BCUT2D eigenvalue weighted by molar-refractivity contribution is 5.42. The van der Waals surface area contributed by atoms with Crippen LogP contribution in [0.4, 0.5) is 5.95 Å². The Hall–Kier alpha value is -2.61. The highest BCUT2D eigenvalue weighted by atomic mass is 16.6. The van der Waals surface area contributed by atoms with Gasteiger partial charge in [-0.3, -0.25) is 0 Å². The summed E-state index contributed by atoms with van der Waals surface area (Å²) in [4.78, 5) is 13.9. The van der Waals surface area contributed by atoms with E-state index in [1.165, 1.54) is 17.9 Å². The van der Waals surface area contributed by atoms with Crippen molar-refractivity contribution < 1.29 is 19.5 Å². The quantitative estimate of drug-likeness (QED) is 0.638. The molecule has 0 aliphatic heterocycles. The minimum atomic E-state index is -0.555. The Balaban J connectivity index is 2.15. The van der Waals surface area contributed by atoms with Gasteiger partial charge in [0.05, 0.1) is 20.8 Å². The second-order valence-corrected chi connectivity index (χ2v) is 4.30. The fourth-order valence-corrected chi connectivity index (χ4v) is 1.82. The molecule has 0 radical (unpaired) electrons. The van der Waals surface area contributed by atoms with Crippen LogP contribution in [0.2, 0.25) is 0 Å². The van der Waals surface area contributed by atoms with Crippen LogP contribution in [0.3, 0.4) is 0 Å². The monoisotopic (exact) mass is 293 g/mol. The summed E-state index contributed by atoms with van der Waals surface area (Å²) < 4.78 is 12.1. The lowest BCUT2D eigenvalue weighted by molar-refractivity contribution is -0.396. The lowest BCUT2D eigenvalue weighted by Gasteiger charge is -2.11. The van der Waals surface area contributed by atoms with E-state index >= 15 is 0 Å². The van der Waals surface area contributed by atoms with Gasteiger partial charge < -0.3 is 24.7 Å². The molecule has 21 heavy (non-hydrogen) atoms. The molecule has 8 nitrogen and oxygen atoms in total. The van der Waals surface area contributed by atoms with Crippen molar-refractivity contribution in [2.24, 2.45) is 7.05 Å². The number of nitro groups is 1. The average molecular weight is 293 g/mol. The third-order valence-corrected chi connectivity index (χ3v) is 3.01. The molecule has 0 amide bonds. The Labute approximate surface area is 120 Å². The van der Waals surface area contributed by atoms with Gasteiger partial charge in [-0.2, -0.15) is 0 Å². The minimum absolute atomic E-state index is 0.0927. The van der Waals surface area contributed by atoms with Crippen LogP contribution in [-0.4, -0.2) is 26.7 Å². The largest absolute Gasteiger partial charge is 0.493 e. The lowest BCUT2D eigenvalue weighted by atomic mass is 10.2. The molecule has 0 spiro atoms. The smallest absolute Gasteiger partial charge is 0.434 e. The van der Waals surface area contributed by atoms with E-state index in [9.17, 15) is 10.1 Å². The Morgan fingerprint density at radius 3 is 2.76 bits per heavy atom. The van der Waals surface area contributed by atoms with Gasteiger partial charge in [0, 0.05) is 0 Å². The van der Waals surface area contributed by atoms with Crippen molar-refractivity contribution in [1.29, 1.82) is 0 Å². The highest BCUT2D eigenvalue weighted by Crippen LogP contribution is 2.29. The zero-order valence-electron chi connectivity index (χ0n) is 11.6. The molecule has 1 aromatic carbocycles. The Morgan fingerprint density at radius 2 is 2.19 bits per heavy atom. The van der Waals surface area contributed by atoms with Crippen LogP contribution < -0.4 is 9.47 Å². The molecular weight excluding hydrogens is 278 g/mol. The number of imidazole rings is 1. The molecule has 1 heterocycles. The molecule has 8 heteroatoms. The van der Waals surface area contributed by atoms with Crippen LogP contribution in [0.25, 0.3) is 0 Å². The van der Waals surface area contributed by atoms with E-state index in [2.05, 4.69) is 4.98 Å². The number of aromatic nitrogens is 2. The number of nitrogens with zero attached hydrogens (tertiary/aromatic N) is 3. The number of ether oxygens (including phenoxy) is 2. The summed E-state index contributed by atoms with van der Waals surface area (Å²) in [6, 6.07) is 5.06. The van der Waals surface area contributed by atoms with Gasteiger partial charge in [0.15, 0.2) is 17.2 Å². The van der Waals surface area contributed by atoms with Crippen molar-refractivity contribution >= 4 is 5.95 Å². The summed E-state index contributed by atoms with van der Waals surface area (Å²) in [5.41, 5.74) is 1.27.